The molecule has 2 heterocycles. The van der Waals surface area contributed by atoms with Gasteiger partial charge in [0.15, 0.2) is 0 Å². The van der Waals surface area contributed by atoms with E-state index in [1.165, 1.54) is 32.6 Å². The fourth-order valence-corrected chi connectivity index (χ4v) is 2.31. The lowest BCUT2D eigenvalue weighted by atomic mass is 9.90. The molecule has 0 aromatic carbocycles. The third-order valence-electron chi connectivity index (χ3n) is 2.86. The zero-order valence-corrected chi connectivity index (χ0v) is 6.64. The van der Waals surface area contributed by atoms with E-state index in [4.69, 9.17) is 0 Å². The minimum absolute atomic E-state index is 0.957. The quantitative estimate of drug-likeness (QED) is 0.515. The number of nitrogens with one attached hydrogen (secondary N) is 1. The Morgan fingerprint density at radius 1 is 1.30 bits per heavy atom. The van der Waals surface area contributed by atoms with Crippen LogP contribution in [-0.4, -0.2) is 38.1 Å². The largest absolute Gasteiger partial charge is 0.316 e. The van der Waals surface area contributed by atoms with Gasteiger partial charge in [-0.25, -0.2) is 0 Å². The molecule has 2 atom stereocenters. The van der Waals surface area contributed by atoms with Gasteiger partial charge in [0, 0.05) is 13.1 Å². The number of likely N-dealkylation sites (tertiary alicyclic amines) is 1. The highest BCUT2D eigenvalue weighted by Gasteiger charge is 2.31. The molecule has 0 saturated carbocycles. The topological polar surface area (TPSA) is 15.3 Å². The molecule has 0 spiro atoms. The van der Waals surface area contributed by atoms with Crippen LogP contribution in [0.5, 0.6) is 0 Å². The van der Waals surface area contributed by atoms with E-state index in [0.29, 0.717) is 0 Å². The van der Waals surface area contributed by atoms with Crippen LogP contribution in [0.2, 0.25) is 0 Å². The second kappa shape index (κ2) is 2.51. The molecule has 1 N–H and O–H groups in total. The molecule has 0 radical (unpaired) electrons. The molecule has 0 aromatic rings. The van der Waals surface area contributed by atoms with Crippen LogP contribution in [0, 0.1) is 11.8 Å². The summed E-state index contributed by atoms with van der Waals surface area (Å²) in [7, 11) is 2.23. The Morgan fingerprint density at radius 2 is 2.10 bits per heavy atom. The van der Waals surface area contributed by atoms with E-state index in [1.54, 1.807) is 0 Å². The van der Waals surface area contributed by atoms with Crippen LogP contribution in [-0.2, 0) is 0 Å². The fourth-order valence-electron chi connectivity index (χ4n) is 2.31. The molecule has 0 unspecified atom stereocenters. The summed E-state index contributed by atoms with van der Waals surface area (Å²) >= 11 is 0. The Bertz CT molecular complexity index is 110. The van der Waals surface area contributed by atoms with Crippen LogP contribution in [0.4, 0.5) is 0 Å². The Morgan fingerprint density at radius 3 is 2.90 bits per heavy atom. The van der Waals surface area contributed by atoms with Crippen molar-refractivity contribution in [1.82, 2.24) is 10.2 Å². The van der Waals surface area contributed by atoms with Crippen molar-refractivity contribution in [3.63, 3.8) is 0 Å². The summed E-state index contributed by atoms with van der Waals surface area (Å²) in [5, 5.41) is 3.45. The van der Waals surface area contributed by atoms with Gasteiger partial charge in [0.2, 0.25) is 0 Å². The van der Waals surface area contributed by atoms with Gasteiger partial charge in [0.25, 0.3) is 0 Å². The molecule has 2 aliphatic heterocycles. The van der Waals surface area contributed by atoms with Gasteiger partial charge in [0.1, 0.15) is 0 Å². The first-order chi connectivity index (χ1) is 4.86. The van der Waals surface area contributed by atoms with Gasteiger partial charge in [0.05, 0.1) is 0 Å². The smallest absolute Gasteiger partial charge is 0.00220 e. The highest BCUT2D eigenvalue weighted by molar-refractivity contribution is 4.86. The molecule has 58 valence electrons. The summed E-state index contributed by atoms with van der Waals surface area (Å²) in [5.41, 5.74) is 0. The third-order valence-corrected chi connectivity index (χ3v) is 2.86. The molecule has 0 aliphatic carbocycles. The van der Waals surface area contributed by atoms with Crippen LogP contribution < -0.4 is 5.32 Å². The molecule has 10 heavy (non-hydrogen) atoms. The summed E-state index contributed by atoms with van der Waals surface area (Å²) in [6.45, 7) is 5.16. The van der Waals surface area contributed by atoms with Gasteiger partial charge in [-0.1, -0.05) is 0 Å². The zero-order chi connectivity index (χ0) is 6.97. The molecule has 2 heteroatoms. The summed E-state index contributed by atoms with van der Waals surface area (Å²) < 4.78 is 0. The van der Waals surface area contributed by atoms with E-state index in [9.17, 15) is 0 Å². The Labute approximate surface area is 62.6 Å². The van der Waals surface area contributed by atoms with E-state index >= 15 is 0 Å². The Balaban J connectivity index is 1.97. The van der Waals surface area contributed by atoms with Crippen molar-refractivity contribution < 1.29 is 0 Å². The summed E-state index contributed by atoms with van der Waals surface area (Å²) in [4.78, 5) is 2.46. The highest BCUT2D eigenvalue weighted by Crippen LogP contribution is 2.26. The molecule has 2 fully saturated rings. The average Bonchev–Trinajstić information content (AvgIpc) is 2.27. The van der Waals surface area contributed by atoms with Gasteiger partial charge in [-0.05, 0) is 38.4 Å². The van der Waals surface area contributed by atoms with Crippen molar-refractivity contribution in [2.24, 2.45) is 11.8 Å². The van der Waals surface area contributed by atoms with Crippen LogP contribution in [0.1, 0.15) is 6.42 Å². The third kappa shape index (κ3) is 1.06. The SMILES string of the molecule is CN1C[C@H]2CCNC[C@@H]2C1. The molecule has 2 saturated heterocycles. The fraction of sp³-hybridized carbons (Fsp3) is 1.00. The standard InChI is InChI=1S/C8H16N2/c1-10-5-7-2-3-9-4-8(7)6-10/h7-9H,2-6H2,1H3/t7-,8-/m1/s1. The molecule has 0 amide bonds. The number of hydrogen-bond acceptors (Lipinski definition) is 2. The number of nitrogens with zero attached hydrogens (tertiary/aromatic N) is 1. The second-order valence-corrected chi connectivity index (χ2v) is 3.73. The lowest BCUT2D eigenvalue weighted by Crippen LogP contribution is -2.35. The minimum atomic E-state index is 0.957. The van der Waals surface area contributed by atoms with Crippen molar-refractivity contribution in [1.29, 1.82) is 0 Å². The summed E-state index contributed by atoms with van der Waals surface area (Å²) in [6.07, 6.45) is 1.40. The van der Waals surface area contributed by atoms with Gasteiger partial charge < -0.3 is 10.2 Å². The van der Waals surface area contributed by atoms with Crippen molar-refractivity contribution in [3.8, 4) is 0 Å². The maximum absolute atomic E-state index is 3.45. The van der Waals surface area contributed by atoms with Crippen LogP contribution in [0.15, 0.2) is 0 Å². The number of hydrogen-bond donors (Lipinski definition) is 1. The Kier molecular flexibility index (Phi) is 1.66. The normalized spacial score (nSPS) is 41.7. The van der Waals surface area contributed by atoms with E-state index in [2.05, 4.69) is 17.3 Å². The molecule has 0 aromatic heterocycles. The maximum Gasteiger partial charge on any atom is 0.00220 e. The van der Waals surface area contributed by atoms with E-state index in [1.807, 2.05) is 0 Å². The number of rotatable bonds is 0. The number of piperidine rings is 1. The number of fused-ring (bicyclic) bond motifs is 1. The maximum atomic E-state index is 3.45. The monoisotopic (exact) mass is 140 g/mol. The van der Waals surface area contributed by atoms with Crippen LogP contribution in [0.3, 0.4) is 0 Å². The average molecular weight is 140 g/mol. The highest BCUT2D eigenvalue weighted by atomic mass is 15.1. The van der Waals surface area contributed by atoms with Crippen LogP contribution >= 0.6 is 0 Å². The van der Waals surface area contributed by atoms with Gasteiger partial charge in [-0.3, -0.25) is 0 Å². The van der Waals surface area contributed by atoms with Crippen LogP contribution in [0.25, 0.3) is 0 Å². The van der Waals surface area contributed by atoms with E-state index in [0.717, 1.165) is 11.8 Å². The predicted molar refractivity (Wildman–Crippen MR) is 42.0 cm³/mol. The van der Waals surface area contributed by atoms with Crippen molar-refractivity contribution >= 4 is 0 Å². The first-order valence-corrected chi connectivity index (χ1v) is 4.25. The van der Waals surface area contributed by atoms with Gasteiger partial charge in [-0.15, -0.1) is 0 Å². The molecular formula is C8H16N2. The lowest BCUT2D eigenvalue weighted by Gasteiger charge is -2.24. The zero-order valence-electron chi connectivity index (χ0n) is 6.64. The van der Waals surface area contributed by atoms with Crippen molar-refractivity contribution in [3.05, 3.63) is 0 Å². The lowest BCUT2D eigenvalue weighted by molar-refractivity contribution is 0.318. The summed E-state index contributed by atoms with van der Waals surface area (Å²) in [6, 6.07) is 0. The first kappa shape index (κ1) is 6.62. The minimum Gasteiger partial charge on any atom is -0.316 e. The Hall–Kier alpha value is -0.0800. The molecular weight excluding hydrogens is 124 g/mol. The molecule has 2 rings (SSSR count). The van der Waals surface area contributed by atoms with E-state index in [-0.39, 0.29) is 0 Å². The van der Waals surface area contributed by atoms with E-state index < -0.39 is 0 Å². The van der Waals surface area contributed by atoms with Crippen molar-refractivity contribution in [2.75, 3.05) is 33.2 Å². The van der Waals surface area contributed by atoms with Crippen molar-refractivity contribution in [2.45, 2.75) is 6.42 Å². The van der Waals surface area contributed by atoms with Gasteiger partial charge in [-0.2, -0.15) is 0 Å². The molecule has 0 bridgehead atoms. The predicted octanol–water partition coefficient (Wildman–Crippen LogP) is 0.158. The van der Waals surface area contributed by atoms with Gasteiger partial charge >= 0.3 is 0 Å². The molecule has 2 nitrogen and oxygen atoms in total. The molecule has 2 aliphatic rings. The first-order valence-electron chi connectivity index (χ1n) is 4.25. The summed E-state index contributed by atoms with van der Waals surface area (Å²) in [5.74, 6) is 1.96. The second-order valence-electron chi connectivity index (χ2n) is 3.73.